The highest BCUT2D eigenvalue weighted by atomic mass is 79.9. The Hall–Kier alpha value is -1.10. The number of hydrazine groups is 1. The first-order valence-electron chi connectivity index (χ1n) is 5.87. The minimum atomic E-state index is -0.0325. The quantitative estimate of drug-likeness (QED) is 0.672. The molecule has 0 saturated heterocycles. The second kappa shape index (κ2) is 5.69. The number of halogens is 1. The summed E-state index contributed by atoms with van der Waals surface area (Å²) >= 11 is 3.46. The maximum absolute atomic E-state index is 5.64. The predicted molar refractivity (Wildman–Crippen MR) is 76.1 cm³/mol. The van der Waals surface area contributed by atoms with Gasteiger partial charge in [-0.2, -0.15) is 0 Å². The summed E-state index contributed by atoms with van der Waals surface area (Å²) in [5.74, 6) is 6.47. The first-order valence-corrected chi connectivity index (χ1v) is 6.66. The maximum atomic E-state index is 5.64. The van der Waals surface area contributed by atoms with E-state index in [1.807, 2.05) is 6.07 Å². The minimum absolute atomic E-state index is 0.0325. The molecule has 0 aliphatic rings. The first-order chi connectivity index (χ1) is 8.61. The molecule has 1 aromatic carbocycles. The molecular weight excluding hydrogens is 292 g/mol. The van der Waals surface area contributed by atoms with Crippen LogP contribution in [-0.4, -0.2) is 0 Å². The molecule has 0 radical (unpaired) electrons. The molecule has 0 saturated carbocycles. The van der Waals surface area contributed by atoms with E-state index >= 15 is 0 Å². The molecule has 0 fully saturated rings. The zero-order valence-electron chi connectivity index (χ0n) is 10.5. The molecule has 3 nitrogen and oxygen atoms in total. The number of nitrogens with two attached hydrogens (primary N) is 1. The van der Waals surface area contributed by atoms with Gasteiger partial charge in [0, 0.05) is 0 Å². The summed E-state index contributed by atoms with van der Waals surface area (Å²) in [7, 11) is 0. The Bertz CT molecular complexity index is 536. The molecule has 1 atom stereocenters. The van der Waals surface area contributed by atoms with Gasteiger partial charge in [0.2, 0.25) is 0 Å². The van der Waals surface area contributed by atoms with Crippen molar-refractivity contribution >= 4 is 15.9 Å². The third-order valence-corrected chi connectivity index (χ3v) is 3.75. The van der Waals surface area contributed by atoms with Crippen LogP contribution < -0.4 is 11.3 Å². The van der Waals surface area contributed by atoms with Gasteiger partial charge in [-0.1, -0.05) is 23.8 Å². The van der Waals surface area contributed by atoms with Crippen LogP contribution in [0.15, 0.2) is 39.4 Å². The monoisotopic (exact) mass is 308 g/mol. The zero-order valence-corrected chi connectivity index (χ0v) is 12.1. The first kappa shape index (κ1) is 13.3. The fourth-order valence-corrected chi connectivity index (χ4v) is 2.50. The fourth-order valence-electron chi connectivity index (χ4n) is 2.02. The summed E-state index contributed by atoms with van der Waals surface area (Å²) in [6.45, 7) is 4.20. The second-order valence-corrected chi connectivity index (χ2v) is 5.34. The Morgan fingerprint density at radius 2 is 2.11 bits per heavy atom. The van der Waals surface area contributed by atoms with E-state index in [2.05, 4.69) is 53.4 Å². The van der Waals surface area contributed by atoms with E-state index in [0.29, 0.717) is 0 Å². The number of rotatable bonds is 4. The number of hydrogen-bond donors (Lipinski definition) is 2. The van der Waals surface area contributed by atoms with Crippen LogP contribution in [-0.2, 0) is 6.42 Å². The van der Waals surface area contributed by atoms with Gasteiger partial charge in [0.15, 0.2) is 0 Å². The lowest BCUT2D eigenvalue weighted by molar-refractivity contribution is 0.413. The van der Waals surface area contributed by atoms with Crippen LogP contribution >= 0.6 is 15.9 Å². The van der Waals surface area contributed by atoms with Crippen LogP contribution in [0.4, 0.5) is 0 Å². The van der Waals surface area contributed by atoms with E-state index in [0.717, 1.165) is 16.7 Å². The molecule has 0 aliphatic carbocycles. The van der Waals surface area contributed by atoms with Crippen molar-refractivity contribution in [1.29, 1.82) is 0 Å². The van der Waals surface area contributed by atoms with E-state index in [4.69, 9.17) is 10.3 Å². The summed E-state index contributed by atoms with van der Waals surface area (Å²) in [6.07, 6.45) is 2.46. The topological polar surface area (TPSA) is 51.2 Å². The van der Waals surface area contributed by atoms with Crippen molar-refractivity contribution in [3.05, 3.63) is 57.5 Å². The Morgan fingerprint density at radius 3 is 2.72 bits per heavy atom. The van der Waals surface area contributed by atoms with E-state index in [1.54, 1.807) is 6.26 Å². The van der Waals surface area contributed by atoms with E-state index in [-0.39, 0.29) is 6.04 Å². The third kappa shape index (κ3) is 2.83. The van der Waals surface area contributed by atoms with Crippen molar-refractivity contribution in [2.24, 2.45) is 5.84 Å². The highest BCUT2D eigenvalue weighted by Crippen LogP contribution is 2.27. The molecule has 0 aliphatic heterocycles. The molecule has 2 aromatic rings. The smallest absolute Gasteiger partial charge is 0.136 e. The van der Waals surface area contributed by atoms with E-state index in [1.165, 1.54) is 16.7 Å². The van der Waals surface area contributed by atoms with Gasteiger partial charge in [-0.25, -0.2) is 5.43 Å². The molecule has 0 spiro atoms. The van der Waals surface area contributed by atoms with E-state index in [9.17, 15) is 0 Å². The SMILES string of the molecule is Cc1ccc(C)c(CC(NN)c2occc2Br)c1. The van der Waals surface area contributed by atoms with Gasteiger partial charge in [0.05, 0.1) is 16.8 Å². The molecule has 0 bridgehead atoms. The molecule has 1 unspecified atom stereocenters. The van der Waals surface area contributed by atoms with Gasteiger partial charge < -0.3 is 4.42 Å². The summed E-state index contributed by atoms with van der Waals surface area (Å²) in [5, 5.41) is 0. The van der Waals surface area contributed by atoms with Gasteiger partial charge in [-0.15, -0.1) is 0 Å². The number of hydrogen-bond acceptors (Lipinski definition) is 3. The largest absolute Gasteiger partial charge is 0.466 e. The Morgan fingerprint density at radius 1 is 1.33 bits per heavy atom. The Kier molecular flexibility index (Phi) is 4.22. The number of benzene rings is 1. The average Bonchev–Trinajstić information content (AvgIpc) is 2.77. The lowest BCUT2D eigenvalue weighted by Gasteiger charge is -2.16. The summed E-state index contributed by atoms with van der Waals surface area (Å²) in [4.78, 5) is 0. The van der Waals surface area contributed by atoms with Crippen molar-refractivity contribution in [3.63, 3.8) is 0 Å². The van der Waals surface area contributed by atoms with Gasteiger partial charge in [-0.3, -0.25) is 5.84 Å². The zero-order chi connectivity index (χ0) is 13.1. The third-order valence-electron chi connectivity index (χ3n) is 3.09. The summed E-state index contributed by atoms with van der Waals surface area (Å²) in [5.41, 5.74) is 6.62. The number of nitrogens with one attached hydrogen (secondary N) is 1. The number of aryl methyl sites for hydroxylation is 2. The molecule has 0 amide bonds. The van der Waals surface area contributed by atoms with Gasteiger partial charge >= 0.3 is 0 Å². The molecule has 96 valence electrons. The standard InChI is InChI=1S/C14H17BrN2O/c1-9-3-4-10(2)11(7-9)8-13(17-16)14-12(15)5-6-18-14/h3-7,13,17H,8,16H2,1-2H3. The van der Waals surface area contributed by atoms with Crippen LogP contribution in [0.3, 0.4) is 0 Å². The lowest BCUT2D eigenvalue weighted by Crippen LogP contribution is -2.29. The molecule has 18 heavy (non-hydrogen) atoms. The summed E-state index contributed by atoms with van der Waals surface area (Å²) < 4.78 is 6.41. The van der Waals surface area contributed by atoms with Crippen molar-refractivity contribution < 1.29 is 4.42 Å². The van der Waals surface area contributed by atoms with E-state index < -0.39 is 0 Å². The Balaban J connectivity index is 2.26. The molecule has 1 heterocycles. The van der Waals surface area contributed by atoms with Gasteiger partial charge in [0.1, 0.15) is 5.76 Å². The molecule has 3 N–H and O–H groups in total. The molecular formula is C14H17BrN2O. The number of furan rings is 1. The van der Waals surface area contributed by atoms with Crippen LogP contribution in [0.2, 0.25) is 0 Å². The minimum Gasteiger partial charge on any atom is -0.466 e. The lowest BCUT2D eigenvalue weighted by atomic mass is 9.98. The van der Waals surface area contributed by atoms with Gasteiger partial charge in [-0.05, 0) is 53.4 Å². The van der Waals surface area contributed by atoms with Crippen LogP contribution in [0.1, 0.15) is 28.5 Å². The highest BCUT2D eigenvalue weighted by molar-refractivity contribution is 9.10. The van der Waals surface area contributed by atoms with Crippen molar-refractivity contribution in [1.82, 2.24) is 5.43 Å². The fraction of sp³-hybridized carbons (Fsp3) is 0.286. The molecule has 4 heteroatoms. The van der Waals surface area contributed by atoms with Gasteiger partial charge in [0.25, 0.3) is 0 Å². The molecule has 2 rings (SSSR count). The van der Waals surface area contributed by atoms with Crippen LogP contribution in [0.5, 0.6) is 0 Å². The van der Waals surface area contributed by atoms with Crippen molar-refractivity contribution in [2.75, 3.05) is 0 Å². The second-order valence-electron chi connectivity index (χ2n) is 4.49. The van der Waals surface area contributed by atoms with Crippen LogP contribution in [0.25, 0.3) is 0 Å². The molecule has 1 aromatic heterocycles. The normalized spacial score (nSPS) is 12.7. The summed E-state index contributed by atoms with van der Waals surface area (Å²) in [6, 6.07) is 8.29. The Labute approximate surface area is 115 Å². The van der Waals surface area contributed by atoms with Crippen molar-refractivity contribution in [2.45, 2.75) is 26.3 Å². The highest BCUT2D eigenvalue weighted by Gasteiger charge is 2.17. The average molecular weight is 309 g/mol. The predicted octanol–water partition coefficient (Wildman–Crippen LogP) is 3.41. The maximum Gasteiger partial charge on any atom is 0.136 e. The van der Waals surface area contributed by atoms with Crippen LogP contribution in [0, 0.1) is 13.8 Å². The van der Waals surface area contributed by atoms with Crippen molar-refractivity contribution in [3.8, 4) is 0 Å².